The Hall–Kier alpha value is -2.06. The van der Waals surface area contributed by atoms with Gasteiger partial charge in [-0.05, 0) is 70.6 Å². The number of likely N-dealkylation sites (N-methyl/N-ethyl adjacent to an activating group) is 1. The first kappa shape index (κ1) is 60.9. The van der Waals surface area contributed by atoms with Crippen LogP contribution >= 0.6 is 7.82 Å². The number of hydrogen-bond acceptors (Lipinski definition) is 5. The molecule has 0 saturated heterocycles. The number of nitrogens with zero attached hydrogens (tertiary/aromatic N) is 1. The lowest BCUT2D eigenvalue weighted by Gasteiger charge is -2.25. The van der Waals surface area contributed by atoms with Crippen molar-refractivity contribution < 1.29 is 32.9 Å². The number of unbranched alkanes of at least 4 members (excludes halogenated alkanes) is 23. The number of amides is 1. The van der Waals surface area contributed by atoms with Gasteiger partial charge >= 0.3 is 7.82 Å². The molecule has 0 aliphatic heterocycles. The highest BCUT2D eigenvalue weighted by molar-refractivity contribution is 7.47. The molecule has 9 heteroatoms. The van der Waals surface area contributed by atoms with E-state index < -0.39 is 20.0 Å². The summed E-state index contributed by atoms with van der Waals surface area (Å²) in [6.45, 7) is 4.66. The quantitative estimate of drug-likeness (QED) is 0.0243. The second-order valence-corrected chi connectivity index (χ2v) is 20.0. The van der Waals surface area contributed by atoms with Crippen molar-refractivity contribution >= 4 is 13.7 Å². The maximum absolute atomic E-state index is 12.9. The molecule has 3 N–H and O–H groups in total. The Morgan fingerprint density at radius 3 is 1.46 bits per heavy atom. The largest absolute Gasteiger partial charge is 0.472 e. The van der Waals surface area contributed by atoms with E-state index in [4.69, 9.17) is 9.05 Å². The molecule has 0 aromatic carbocycles. The van der Waals surface area contributed by atoms with Crippen LogP contribution in [0.15, 0.2) is 72.9 Å². The highest BCUT2D eigenvalue weighted by atomic mass is 31.2. The van der Waals surface area contributed by atoms with Gasteiger partial charge in [0.05, 0.1) is 39.9 Å². The van der Waals surface area contributed by atoms with E-state index in [1.807, 2.05) is 27.2 Å². The number of aliphatic hydroxyl groups is 1. The smallest absolute Gasteiger partial charge is 0.387 e. The molecule has 0 radical (unpaired) electrons. The summed E-state index contributed by atoms with van der Waals surface area (Å²) in [5, 5.41) is 13.9. The molecule has 0 fully saturated rings. The monoisotopic (exact) mass is 904 g/mol. The van der Waals surface area contributed by atoms with E-state index in [1.165, 1.54) is 116 Å². The number of phosphoric acid groups is 1. The van der Waals surface area contributed by atoms with Crippen molar-refractivity contribution in [1.82, 2.24) is 5.32 Å². The topological polar surface area (TPSA) is 105 Å². The summed E-state index contributed by atoms with van der Waals surface area (Å²) >= 11 is 0. The molecule has 8 nitrogen and oxygen atoms in total. The molecular weight excluding hydrogens is 804 g/mol. The zero-order valence-corrected chi connectivity index (χ0v) is 42.4. The van der Waals surface area contributed by atoms with E-state index in [2.05, 4.69) is 79.9 Å². The number of allylic oxidation sites excluding steroid dienone is 11. The maximum Gasteiger partial charge on any atom is 0.472 e. The third-order valence-corrected chi connectivity index (χ3v) is 12.1. The standard InChI is InChI=1S/C54H99N2O6P/c1-6-8-10-12-14-16-18-20-22-24-25-26-27-28-29-30-32-33-35-37-39-41-43-45-47-53(57)52(51-62-63(59,60)61-50-49-56(3,4)5)55-54(58)48-46-44-42-40-38-36-34-31-23-21-19-17-15-13-11-9-7-2/h9,11,15,17,21,23,34,36-37,39,45,47,52-53,57H,6-8,10,12-14,16,18-20,22,24-33,35,38,40-44,46,48-51H2,1-5H3,(H-,55,58,59,60)/p+1/b11-9-,17-15-,23-21-,36-34-,39-37+,47-45+. The Labute approximate surface area is 389 Å². The minimum absolute atomic E-state index is 0.0477. The SMILES string of the molecule is CC/C=C\C/C=C\C/C=C\C/C=C\CCCCCCC(=O)NC(COP(=O)(O)OCC[N+](C)(C)C)C(O)/C=C/CC/C=C/CCCCCCCCCCCCCCCCCCCC. The molecule has 0 aromatic rings. The van der Waals surface area contributed by atoms with Gasteiger partial charge < -0.3 is 19.8 Å². The molecule has 366 valence electrons. The lowest BCUT2D eigenvalue weighted by molar-refractivity contribution is -0.870. The third kappa shape index (κ3) is 47.7. The maximum atomic E-state index is 12.9. The summed E-state index contributed by atoms with van der Waals surface area (Å²) in [5.41, 5.74) is 0. The van der Waals surface area contributed by atoms with Gasteiger partial charge in [-0.15, -0.1) is 0 Å². The number of hydrogen-bond donors (Lipinski definition) is 3. The third-order valence-electron chi connectivity index (χ3n) is 11.2. The minimum Gasteiger partial charge on any atom is -0.387 e. The van der Waals surface area contributed by atoms with Gasteiger partial charge in [0.25, 0.3) is 0 Å². The van der Waals surface area contributed by atoms with Crippen LogP contribution in [0.3, 0.4) is 0 Å². The Balaban J connectivity index is 4.38. The number of aliphatic hydroxyl groups excluding tert-OH is 1. The molecule has 0 aromatic heterocycles. The van der Waals surface area contributed by atoms with Crippen molar-refractivity contribution in [2.45, 2.75) is 225 Å². The van der Waals surface area contributed by atoms with Crippen molar-refractivity contribution in [2.75, 3.05) is 40.9 Å². The molecule has 0 spiro atoms. The van der Waals surface area contributed by atoms with E-state index in [0.717, 1.165) is 77.0 Å². The van der Waals surface area contributed by atoms with Crippen LogP contribution in [-0.4, -0.2) is 73.4 Å². The predicted octanol–water partition coefficient (Wildman–Crippen LogP) is 15.1. The van der Waals surface area contributed by atoms with Crippen molar-refractivity contribution in [1.29, 1.82) is 0 Å². The second kappa shape index (κ2) is 45.1. The first-order valence-corrected chi connectivity index (χ1v) is 27.3. The Morgan fingerprint density at radius 1 is 0.556 bits per heavy atom. The van der Waals surface area contributed by atoms with Crippen LogP contribution < -0.4 is 5.32 Å². The molecule has 0 bridgehead atoms. The molecule has 0 aliphatic carbocycles. The second-order valence-electron chi connectivity index (χ2n) is 18.5. The molecule has 0 rings (SSSR count). The van der Waals surface area contributed by atoms with Crippen LogP contribution in [0.2, 0.25) is 0 Å². The Bertz CT molecular complexity index is 1250. The van der Waals surface area contributed by atoms with Gasteiger partial charge in [-0.3, -0.25) is 13.8 Å². The lowest BCUT2D eigenvalue weighted by Crippen LogP contribution is -2.45. The zero-order chi connectivity index (χ0) is 46.4. The van der Waals surface area contributed by atoms with Gasteiger partial charge in [0.15, 0.2) is 0 Å². The molecule has 63 heavy (non-hydrogen) atoms. The van der Waals surface area contributed by atoms with Crippen LogP contribution in [0.5, 0.6) is 0 Å². The van der Waals surface area contributed by atoms with Crippen molar-refractivity contribution in [3.63, 3.8) is 0 Å². The number of rotatable bonds is 46. The predicted molar refractivity (Wildman–Crippen MR) is 272 cm³/mol. The highest BCUT2D eigenvalue weighted by Gasteiger charge is 2.27. The molecule has 3 atom stereocenters. The molecular formula is C54H100N2O6P+. The van der Waals surface area contributed by atoms with E-state index in [0.29, 0.717) is 17.4 Å². The summed E-state index contributed by atoms with van der Waals surface area (Å²) in [5.74, 6) is -0.212. The normalized spacial score (nSPS) is 14.7. The van der Waals surface area contributed by atoms with E-state index in [9.17, 15) is 19.4 Å². The molecule has 0 heterocycles. The lowest BCUT2D eigenvalue weighted by atomic mass is 10.0. The first-order chi connectivity index (χ1) is 30.5. The summed E-state index contributed by atoms with van der Waals surface area (Å²) in [7, 11) is 1.53. The molecule has 1 amide bonds. The van der Waals surface area contributed by atoms with Crippen LogP contribution in [-0.2, 0) is 18.4 Å². The van der Waals surface area contributed by atoms with Crippen LogP contribution in [0.1, 0.15) is 213 Å². The summed E-state index contributed by atoms with van der Waals surface area (Å²) in [6, 6.07) is -0.880. The van der Waals surface area contributed by atoms with Gasteiger partial charge in [0, 0.05) is 6.42 Å². The van der Waals surface area contributed by atoms with Crippen LogP contribution in [0, 0.1) is 0 Å². The fraction of sp³-hybridized carbons (Fsp3) is 0.759. The average molecular weight is 904 g/mol. The van der Waals surface area contributed by atoms with Crippen LogP contribution in [0.25, 0.3) is 0 Å². The van der Waals surface area contributed by atoms with Gasteiger partial charge in [0.2, 0.25) is 5.91 Å². The van der Waals surface area contributed by atoms with Crippen LogP contribution in [0.4, 0.5) is 0 Å². The number of carbonyl (C=O) groups excluding carboxylic acids is 1. The summed E-state index contributed by atoms with van der Waals surface area (Å²) in [6.07, 6.45) is 61.4. The number of nitrogens with one attached hydrogen (secondary N) is 1. The van der Waals surface area contributed by atoms with Crippen molar-refractivity contribution in [2.24, 2.45) is 0 Å². The fourth-order valence-corrected chi connectivity index (χ4v) is 7.84. The number of phosphoric ester groups is 1. The fourth-order valence-electron chi connectivity index (χ4n) is 7.11. The van der Waals surface area contributed by atoms with Gasteiger partial charge in [-0.2, -0.15) is 0 Å². The first-order valence-electron chi connectivity index (χ1n) is 25.8. The van der Waals surface area contributed by atoms with E-state index in [-0.39, 0.29) is 19.1 Å². The zero-order valence-electron chi connectivity index (χ0n) is 41.5. The molecule has 3 unspecified atom stereocenters. The highest BCUT2D eigenvalue weighted by Crippen LogP contribution is 2.43. The molecule has 0 aliphatic rings. The Morgan fingerprint density at radius 2 is 0.968 bits per heavy atom. The minimum atomic E-state index is -4.36. The number of quaternary nitrogens is 1. The van der Waals surface area contributed by atoms with Crippen molar-refractivity contribution in [3.05, 3.63) is 72.9 Å². The number of carbonyl (C=O) groups is 1. The van der Waals surface area contributed by atoms with E-state index >= 15 is 0 Å². The summed E-state index contributed by atoms with van der Waals surface area (Å²) in [4.78, 5) is 23.2. The Kier molecular flexibility index (Phi) is 43.6. The average Bonchev–Trinajstić information content (AvgIpc) is 3.24. The van der Waals surface area contributed by atoms with E-state index in [1.54, 1.807) is 6.08 Å². The van der Waals surface area contributed by atoms with Gasteiger partial charge in [0.1, 0.15) is 13.2 Å². The van der Waals surface area contributed by atoms with Crippen molar-refractivity contribution in [3.8, 4) is 0 Å². The molecule has 0 saturated carbocycles. The summed E-state index contributed by atoms with van der Waals surface area (Å²) < 4.78 is 23.6. The van der Waals surface area contributed by atoms with Gasteiger partial charge in [-0.25, -0.2) is 4.57 Å². The van der Waals surface area contributed by atoms with Gasteiger partial charge in [-0.1, -0.05) is 209 Å².